The van der Waals surface area contributed by atoms with E-state index in [9.17, 15) is 10.2 Å². The number of aromatic amines is 2. The van der Waals surface area contributed by atoms with Crippen LogP contribution >= 0.6 is 12.2 Å². The summed E-state index contributed by atoms with van der Waals surface area (Å²) < 4.78 is 7.10. The predicted octanol–water partition coefficient (Wildman–Crippen LogP) is 3.50. The van der Waals surface area contributed by atoms with E-state index in [2.05, 4.69) is 15.0 Å². The molecule has 0 saturated carbocycles. The minimum atomic E-state index is -0.0840. The molecule has 7 nitrogen and oxygen atoms in total. The minimum absolute atomic E-state index is 0.0258. The van der Waals surface area contributed by atoms with Crippen LogP contribution in [0.15, 0.2) is 42.7 Å². The topological polar surface area (TPSA) is 99.1 Å². The average Bonchev–Trinajstić information content (AvgIpc) is 3.17. The van der Waals surface area contributed by atoms with Crippen molar-refractivity contribution in [2.75, 3.05) is 7.11 Å². The van der Waals surface area contributed by atoms with E-state index in [1.54, 1.807) is 23.0 Å². The molecular formula is C17H14N4O3S. The van der Waals surface area contributed by atoms with E-state index in [0.717, 1.165) is 16.7 Å². The maximum atomic E-state index is 10.3. The van der Waals surface area contributed by atoms with Gasteiger partial charge >= 0.3 is 0 Å². The van der Waals surface area contributed by atoms with Gasteiger partial charge in [-0.05, 0) is 48.6 Å². The Hall–Kier alpha value is -3.26. The maximum Gasteiger partial charge on any atom is 0.216 e. The van der Waals surface area contributed by atoms with Crippen molar-refractivity contribution in [2.24, 2.45) is 0 Å². The van der Waals surface area contributed by atoms with E-state index < -0.39 is 0 Å². The molecule has 2 aromatic heterocycles. The Morgan fingerprint density at radius 1 is 1.16 bits per heavy atom. The molecule has 2 heterocycles. The molecule has 0 aliphatic carbocycles. The van der Waals surface area contributed by atoms with Gasteiger partial charge in [0.1, 0.15) is 5.69 Å². The number of aromatic nitrogens is 4. The zero-order valence-corrected chi connectivity index (χ0v) is 14.0. The lowest BCUT2D eigenvalue weighted by molar-refractivity contribution is 0.373. The number of nitrogens with zero attached hydrogens (tertiary/aromatic N) is 2. The lowest BCUT2D eigenvalue weighted by Gasteiger charge is -2.10. The van der Waals surface area contributed by atoms with E-state index in [-0.39, 0.29) is 11.6 Å². The van der Waals surface area contributed by atoms with Gasteiger partial charge in [-0.15, -0.1) is 0 Å². The van der Waals surface area contributed by atoms with Gasteiger partial charge in [0.2, 0.25) is 5.88 Å². The third-order valence-electron chi connectivity index (χ3n) is 3.99. The van der Waals surface area contributed by atoms with Crippen molar-refractivity contribution in [2.45, 2.75) is 0 Å². The maximum absolute atomic E-state index is 10.3. The molecule has 0 radical (unpaired) electrons. The highest BCUT2D eigenvalue weighted by Gasteiger charge is 2.17. The lowest BCUT2D eigenvalue weighted by atomic mass is 10.1. The van der Waals surface area contributed by atoms with Gasteiger partial charge in [0.25, 0.3) is 0 Å². The number of fused-ring (bicyclic) bond motifs is 1. The zero-order valence-electron chi connectivity index (χ0n) is 13.1. The number of benzene rings is 2. The zero-order chi connectivity index (χ0) is 17.6. The molecule has 4 rings (SSSR count). The lowest BCUT2D eigenvalue weighted by Crippen LogP contribution is -1.97. The first-order valence-corrected chi connectivity index (χ1v) is 7.84. The quantitative estimate of drug-likeness (QED) is 0.422. The molecule has 0 spiro atoms. The predicted molar refractivity (Wildman–Crippen MR) is 95.9 cm³/mol. The van der Waals surface area contributed by atoms with Crippen molar-refractivity contribution in [1.82, 2.24) is 19.5 Å². The van der Waals surface area contributed by atoms with Gasteiger partial charge < -0.3 is 24.9 Å². The van der Waals surface area contributed by atoms with E-state index in [0.29, 0.717) is 21.8 Å². The Morgan fingerprint density at radius 3 is 2.76 bits per heavy atom. The van der Waals surface area contributed by atoms with Crippen LogP contribution in [0.3, 0.4) is 0 Å². The highest BCUT2D eigenvalue weighted by atomic mass is 32.1. The van der Waals surface area contributed by atoms with E-state index >= 15 is 0 Å². The Morgan fingerprint density at radius 2 is 2.00 bits per heavy atom. The molecule has 0 amide bonds. The summed E-state index contributed by atoms with van der Waals surface area (Å²) in [5.41, 5.74) is 3.47. The number of rotatable bonds is 3. The normalized spacial score (nSPS) is 11.1. The summed E-state index contributed by atoms with van der Waals surface area (Å²) >= 11 is 5.36. The van der Waals surface area contributed by atoms with Gasteiger partial charge in [0.15, 0.2) is 16.3 Å². The first kappa shape index (κ1) is 15.3. The second-order valence-corrected chi connectivity index (χ2v) is 5.84. The fraction of sp³-hybridized carbons (Fsp3) is 0.0588. The fourth-order valence-electron chi connectivity index (χ4n) is 2.84. The third-order valence-corrected chi connectivity index (χ3v) is 4.28. The molecule has 0 fully saturated rings. The Kier molecular flexibility index (Phi) is 3.47. The highest BCUT2D eigenvalue weighted by molar-refractivity contribution is 7.71. The van der Waals surface area contributed by atoms with Crippen molar-refractivity contribution in [3.05, 3.63) is 47.5 Å². The number of nitrogens with one attached hydrogen (secondary N) is 2. The highest BCUT2D eigenvalue weighted by Crippen LogP contribution is 2.36. The molecular weight excluding hydrogens is 340 g/mol. The summed E-state index contributed by atoms with van der Waals surface area (Å²) in [6, 6.07) is 10.5. The molecule has 0 aliphatic rings. The molecule has 0 saturated heterocycles. The van der Waals surface area contributed by atoms with Crippen LogP contribution in [0.4, 0.5) is 0 Å². The summed E-state index contributed by atoms with van der Waals surface area (Å²) in [6.07, 6.45) is 1.62. The Balaban J connectivity index is 1.95. The van der Waals surface area contributed by atoms with Crippen LogP contribution in [0, 0.1) is 4.77 Å². The molecule has 4 aromatic rings. The van der Waals surface area contributed by atoms with E-state index in [4.69, 9.17) is 17.0 Å². The first-order chi connectivity index (χ1) is 12.1. The number of hydrogen-bond donors (Lipinski definition) is 4. The number of phenolic OH excluding ortho intramolecular Hbond substituents is 1. The second-order valence-electron chi connectivity index (χ2n) is 5.45. The molecule has 126 valence electrons. The molecule has 25 heavy (non-hydrogen) atoms. The van der Waals surface area contributed by atoms with Crippen molar-refractivity contribution in [3.63, 3.8) is 0 Å². The second kappa shape index (κ2) is 5.67. The van der Waals surface area contributed by atoms with Crippen LogP contribution < -0.4 is 4.74 Å². The van der Waals surface area contributed by atoms with Crippen LogP contribution in [-0.4, -0.2) is 36.8 Å². The molecule has 0 aliphatic heterocycles. The number of phenols is 1. The first-order valence-electron chi connectivity index (χ1n) is 7.43. The van der Waals surface area contributed by atoms with Crippen LogP contribution in [-0.2, 0) is 0 Å². The van der Waals surface area contributed by atoms with E-state index in [1.807, 2.05) is 18.2 Å². The largest absolute Gasteiger partial charge is 0.504 e. The summed E-state index contributed by atoms with van der Waals surface area (Å²) in [4.78, 5) is 10.0. The number of methoxy groups -OCH3 is 1. The number of imidazole rings is 2. The fourth-order valence-corrected chi connectivity index (χ4v) is 3.13. The molecule has 8 heteroatoms. The van der Waals surface area contributed by atoms with Gasteiger partial charge in [0.05, 0.1) is 30.2 Å². The standard InChI is InChI=1S/C17H14N4O3S/c1-24-14-5-2-9(6-13(14)22)15-16(23)20-17(25)21(15)10-3-4-11-12(7-10)19-8-18-11/h2-8,22-23H,1H3,(H,18,19)(H,20,25). The number of ether oxygens (including phenoxy) is 1. The van der Waals surface area contributed by atoms with Gasteiger partial charge in [-0.1, -0.05) is 0 Å². The molecule has 0 atom stereocenters. The molecule has 0 unspecified atom stereocenters. The van der Waals surface area contributed by atoms with Gasteiger partial charge in [0, 0.05) is 5.56 Å². The summed E-state index contributed by atoms with van der Waals surface area (Å²) in [5, 5.41) is 20.4. The Labute approximate surface area is 147 Å². The van der Waals surface area contributed by atoms with Crippen molar-refractivity contribution < 1.29 is 14.9 Å². The van der Waals surface area contributed by atoms with E-state index in [1.165, 1.54) is 13.2 Å². The summed E-state index contributed by atoms with van der Waals surface area (Å²) in [5.74, 6) is 0.240. The number of aromatic hydroxyl groups is 2. The van der Waals surface area contributed by atoms with Crippen LogP contribution in [0.25, 0.3) is 28.0 Å². The van der Waals surface area contributed by atoms with Crippen molar-refractivity contribution in [3.8, 4) is 34.3 Å². The monoisotopic (exact) mass is 354 g/mol. The number of H-pyrrole nitrogens is 2. The third kappa shape index (κ3) is 2.43. The van der Waals surface area contributed by atoms with Crippen LogP contribution in [0.1, 0.15) is 0 Å². The van der Waals surface area contributed by atoms with Gasteiger partial charge in [-0.2, -0.15) is 0 Å². The van der Waals surface area contributed by atoms with Crippen LogP contribution in [0.2, 0.25) is 0 Å². The SMILES string of the molecule is COc1ccc(-c2c(O)[nH]c(=S)n2-c2ccc3nc[nH]c3c2)cc1O. The summed E-state index contributed by atoms with van der Waals surface area (Å²) in [7, 11) is 1.48. The molecule has 2 aromatic carbocycles. The van der Waals surface area contributed by atoms with Crippen molar-refractivity contribution in [1.29, 1.82) is 0 Å². The number of hydrogen-bond acceptors (Lipinski definition) is 5. The van der Waals surface area contributed by atoms with Crippen molar-refractivity contribution >= 4 is 23.3 Å². The van der Waals surface area contributed by atoms with Gasteiger partial charge in [-0.25, -0.2) is 4.98 Å². The van der Waals surface area contributed by atoms with Crippen LogP contribution in [0.5, 0.6) is 17.4 Å². The molecule has 4 N–H and O–H groups in total. The summed E-state index contributed by atoms with van der Waals surface area (Å²) in [6.45, 7) is 0. The Bertz CT molecular complexity index is 1140. The van der Waals surface area contributed by atoms with Gasteiger partial charge in [-0.3, -0.25) is 4.57 Å². The minimum Gasteiger partial charge on any atom is -0.504 e. The average molecular weight is 354 g/mol. The smallest absolute Gasteiger partial charge is 0.216 e. The molecule has 0 bridgehead atoms.